The first kappa shape index (κ1) is 17.2. The van der Waals surface area contributed by atoms with E-state index in [0.29, 0.717) is 30.6 Å². The molecule has 0 bridgehead atoms. The molecule has 26 heavy (non-hydrogen) atoms. The van der Waals surface area contributed by atoms with Gasteiger partial charge in [0.1, 0.15) is 11.7 Å². The van der Waals surface area contributed by atoms with Gasteiger partial charge in [-0.25, -0.2) is 9.07 Å². The summed E-state index contributed by atoms with van der Waals surface area (Å²) in [5.41, 5.74) is 0.793. The van der Waals surface area contributed by atoms with Gasteiger partial charge in [0, 0.05) is 30.7 Å². The van der Waals surface area contributed by atoms with Gasteiger partial charge in [-0.05, 0) is 37.1 Å². The quantitative estimate of drug-likeness (QED) is 0.913. The second kappa shape index (κ2) is 7.55. The monoisotopic (exact) mass is 358 g/mol. The molecule has 2 heterocycles. The number of carbonyl (C=O) groups is 1. The minimum absolute atomic E-state index is 0.136. The van der Waals surface area contributed by atoms with Crippen LogP contribution in [0.1, 0.15) is 25.7 Å². The van der Waals surface area contributed by atoms with Crippen molar-refractivity contribution in [1.82, 2.24) is 14.7 Å². The van der Waals surface area contributed by atoms with Crippen LogP contribution in [0.15, 0.2) is 36.7 Å². The predicted molar refractivity (Wildman–Crippen MR) is 95.7 cm³/mol. The Morgan fingerprint density at radius 1 is 1.31 bits per heavy atom. The molecule has 4 rings (SSSR count). The number of nitrogens with zero attached hydrogens (tertiary/aromatic N) is 3. The fraction of sp³-hybridized carbons (Fsp3) is 0.474. The second-order valence-electron chi connectivity index (χ2n) is 6.87. The summed E-state index contributed by atoms with van der Waals surface area (Å²) < 4.78 is 21.4. The van der Waals surface area contributed by atoms with Gasteiger partial charge in [0.05, 0.1) is 13.2 Å². The van der Waals surface area contributed by atoms with Gasteiger partial charge in [-0.2, -0.15) is 5.10 Å². The number of amides is 1. The number of carbonyl (C=O) groups excluding carboxylic acids is 1. The number of hydrogen-bond donors (Lipinski definition) is 1. The molecule has 1 aliphatic heterocycles. The van der Waals surface area contributed by atoms with Gasteiger partial charge in [0.2, 0.25) is 5.91 Å². The third-order valence-corrected chi connectivity index (χ3v) is 5.23. The van der Waals surface area contributed by atoms with E-state index < -0.39 is 5.82 Å². The lowest BCUT2D eigenvalue weighted by Gasteiger charge is -2.38. The molecular weight excluding hydrogens is 335 g/mol. The van der Waals surface area contributed by atoms with Gasteiger partial charge in [0.15, 0.2) is 5.82 Å². The summed E-state index contributed by atoms with van der Waals surface area (Å²) in [6.45, 7) is 1.82. The maximum absolute atomic E-state index is 14.4. The zero-order valence-corrected chi connectivity index (χ0v) is 14.6. The van der Waals surface area contributed by atoms with Crippen molar-refractivity contribution in [2.75, 3.05) is 25.1 Å². The number of rotatable bonds is 4. The Bertz CT molecular complexity index is 759. The van der Waals surface area contributed by atoms with Crippen molar-refractivity contribution in [3.05, 3.63) is 42.5 Å². The van der Waals surface area contributed by atoms with Gasteiger partial charge < -0.3 is 10.1 Å². The predicted octanol–water partition coefficient (Wildman–Crippen LogP) is 2.59. The number of aromatic nitrogens is 2. The minimum Gasteiger partial charge on any atom is -0.378 e. The number of ether oxygens (including phenoxy) is 1. The Labute approximate surface area is 151 Å². The van der Waals surface area contributed by atoms with Crippen molar-refractivity contribution in [2.45, 2.75) is 37.8 Å². The molecule has 1 unspecified atom stereocenters. The minimum atomic E-state index is -0.431. The highest BCUT2D eigenvalue weighted by atomic mass is 19.1. The summed E-state index contributed by atoms with van der Waals surface area (Å²) in [6.07, 6.45) is 7.98. The van der Waals surface area contributed by atoms with E-state index >= 15 is 0 Å². The van der Waals surface area contributed by atoms with Crippen molar-refractivity contribution in [3.63, 3.8) is 0 Å². The Balaban J connectivity index is 1.47. The molecule has 1 amide bonds. The van der Waals surface area contributed by atoms with Crippen molar-refractivity contribution in [2.24, 2.45) is 0 Å². The van der Waals surface area contributed by atoms with E-state index in [4.69, 9.17) is 4.74 Å². The molecule has 2 aliphatic rings. The van der Waals surface area contributed by atoms with Crippen LogP contribution in [-0.4, -0.2) is 52.4 Å². The first-order valence-electron chi connectivity index (χ1n) is 9.16. The van der Waals surface area contributed by atoms with Crippen LogP contribution in [0.5, 0.6) is 0 Å². The fourth-order valence-corrected chi connectivity index (χ4v) is 3.92. The lowest BCUT2D eigenvalue weighted by Crippen LogP contribution is -2.55. The summed E-state index contributed by atoms with van der Waals surface area (Å²) in [5.74, 6) is -0.568. The topological polar surface area (TPSA) is 59.4 Å². The maximum Gasteiger partial charge on any atom is 0.244 e. The molecule has 1 aromatic heterocycles. The Hall–Kier alpha value is -2.25. The van der Waals surface area contributed by atoms with E-state index in [9.17, 15) is 9.18 Å². The molecule has 7 heteroatoms. The van der Waals surface area contributed by atoms with Gasteiger partial charge in [-0.3, -0.25) is 9.69 Å². The molecule has 1 atom stereocenters. The zero-order valence-electron chi connectivity index (χ0n) is 14.6. The van der Waals surface area contributed by atoms with Crippen molar-refractivity contribution < 1.29 is 13.9 Å². The van der Waals surface area contributed by atoms with E-state index in [0.717, 1.165) is 19.4 Å². The third-order valence-electron chi connectivity index (χ3n) is 5.23. The number of morpholine rings is 1. The standard InChI is InChI=1S/C19H23FN4O2/c20-16-12-14(6-7-17(16)24-9-3-8-21-24)22-19(25)18-13-26-11-10-23(18)15-4-1-2-5-15/h3,6-9,12,15,18H,1-2,4-5,10-11,13H2,(H,22,25). The largest absolute Gasteiger partial charge is 0.378 e. The van der Waals surface area contributed by atoms with Crippen LogP contribution in [0.2, 0.25) is 0 Å². The molecule has 138 valence electrons. The summed E-state index contributed by atoms with van der Waals surface area (Å²) in [6, 6.07) is 6.51. The van der Waals surface area contributed by atoms with Crippen molar-refractivity contribution in [3.8, 4) is 5.69 Å². The van der Waals surface area contributed by atoms with Crippen LogP contribution in [0.3, 0.4) is 0 Å². The molecule has 1 N–H and O–H groups in total. The lowest BCUT2D eigenvalue weighted by atomic mass is 10.1. The average molecular weight is 358 g/mol. The number of benzene rings is 1. The van der Waals surface area contributed by atoms with Gasteiger partial charge in [-0.15, -0.1) is 0 Å². The Morgan fingerprint density at radius 3 is 2.88 bits per heavy atom. The fourth-order valence-electron chi connectivity index (χ4n) is 3.92. The van der Waals surface area contributed by atoms with E-state index in [2.05, 4.69) is 15.3 Å². The number of halogens is 1. The van der Waals surface area contributed by atoms with Gasteiger partial charge >= 0.3 is 0 Å². The van der Waals surface area contributed by atoms with E-state index in [1.54, 1.807) is 30.6 Å². The zero-order chi connectivity index (χ0) is 17.9. The van der Waals surface area contributed by atoms with E-state index in [-0.39, 0.29) is 11.9 Å². The summed E-state index contributed by atoms with van der Waals surface area (Å²) >= 11 is 0. The first-order valence-corrected chi connectivity index (χ1v) is 9.16. The van der Waals surface area contributed by atoms with Crippen LogP contribution >= 0.6 is 0 Å². The molecule has 2 aromatic rings. The molecule has 1 aliphatic carbocycles. The van der Waals surface area contributed by atoms with Gasteiger partial charge in [-0.1, -0.05) is 12.8 Å². The second-order valence-corrected chi connectivity index (χ2v) is 6.87. The Kier molecular flexibility index (Phi) is 4.99. The van der Waals surface area contributed by atoms with Crippen molar-refractivity contribution >= 4 is 11.6 Å². The van der Waals surface area contributed by atoms with Crippen LogP contribution in [0.4, 0.5) is 10.1 Å². The lowest BCUT2D eigenvalue weighted by molar-refractivity contribution is -0.129. The van der Waals surface area contributed by atoms with E-state index in [1.165, 1.54) is 23.6 Å². The van der Waals surface area contributed by atoms with E-state index in [1.807, 2.05) is 0 Å². The summed E-state index contributed by atoms with van der Waals surface area (Å²) in [5, 5.41) is 6.88. The summed E-state index contributed by atoms with van der Waals surface area (Å²) in [7, 11) is 0. The third kappa shape index (κ3) is 3.50. The van der Waals surface area contributed by atoms with Gasteiger partial charge in [0.25, 0.3) is 0 Å². The molecule has 1 saturated carbocycles. The normalized spacial score (nSPS) is 21.8. The highest BCUT2D eigenvalue weighted by Gasteiger charge is 2.35. The van der Waals surface area contributed by atoms with Crippen LogP contribution in [0.25, 0.3) is 5.69 Å². The molecule has 2 fully saturated rings. The van der Waals surface area contributed by atoms with Crippen LogP contribution < -0.4 is 5.32 Å². The molecule has 0 radical (unpaired) electrons. The van der Waals surface area contributed by atoms with Crippen LogP contribution in [0, 0.1) is 5.82 Å². The molecule has 6 nitrogen and oxygen atoms in total. The molecule has 1 saturated heterocycles. The number of nitrogens with one attached hydrogen (secondary N) is 1. The average Bonchev–Trinajstić information content (AvgIpc) is 3.36. The highest BCUT2D eigenvalue weighted by molar-refractivity contribution is 5.95. The number of anilines is 1. The highest BCUT2D eigenvalue weighted by Crippen LogP contribution is 2.27. The van der Waals surface area contributed by atoms with Crippen LogP contribution in [-0.2, 0) is 9.53 Å². The maximum atomic E-state index is 14.4. The smallest absolute Gasteiger partial charge is 0.244 e. The van der Waals surface area contributed by atoms with Crippen molar-refractivity contribution in [1.29, 1.82) is 0 Å². The molecular formula is C19H23FN4O2. The number of hydrogen-bond acceptors (Lipinski definition) is 4. The molecule has 0 spiro atoms. The first-order chi connectivity index (χ1) is 12.7. The molecule has 1 aromatic carbocycles. The SMILES string of the molecule is O=C(Nc1ccc(-n2cccn2)c(F)c1)C1COCCN1C1CCCC1. The Morgan fingerprint density at radius 2 is 2.15 bits per heavy atom. The summed E-state index contributed by atoms with van der Waals surface area (Å²) in [4.78, 5) is 15.1.